The molecule has 0 aliphatic heterocycles. The molecule has 1 aromatic rings. The third kappa shape index (κ3) is 2.21. The highest BCUT2D eigenvalue weighted by Crippen LogP contribution is 2.25. The van der Waals surface area contributed by atoms with Crippen LogP contribution in [0.25, 0.3) is 0 Å². The smallest absolute Gasteiger partial charge is 0.338 e. The number of benzene rings is 1. The Morgan fingerprint density at radius 2 is 2.29 bits per heavy atom. The fourth-order valence-corrected chi connectivity index (χ4v) is 1.38. The van der Waals surface area contributed by atoms with Crippen molar-refractivity contribution in [3.8, 4) is 6.07 Å². The maximum atomic E-state index is 11.3. The van der Waals surface area contributed by atoms with E-state index >= 15 is 0 Å². The van der Waals surface area contributed by atoms with Crippen LogP contribution in [-0.4, -0.2) is 23.1 Å². The molecule has 0 spiro atoms. The molecular weight excluding hydrogens is 228 g/mol. The number of nitro benzene ring substituents is 1. The summed E-state index contributed by atoms with van der Waals surface area (Å²) in [6.45, 7) is -0.658. The Balaban J connectivity index is 3.55. The van der Waals surface area contributed by atoms with Gasteiger partial charge in [0, 0.05) is 11.6 Å². The Labute approximate surface area is 96.0 Å². The third-order valence-corrected chi connectivity index (χ3v) is 2.16. The number of methoxy groups -OCH3 is 1. The van der Waals surface area contributed by atoms with Gasteiger partial charge in [0.25, 0.3) is 5.69 Å². The fraction of sp³-hybridized carbons (Fsp3) is 0.200. The number of aliphatic hydroxyl groups is 1. The number of ether oxygens (including phenoxy) is 1. The Bertz CT molecular complexity index is 518. The summed E-state index contributed by atoms with van der Waals surface area (Å²) >= 11 is 0. The monoisotopic (exact) mass is 236 g/mol. The second-order valence-corrected chi connectivity index (χ2v) is 3.00. The van der Waals surface area contributed by atoms with Gasteiger partial charge in [-0.2, -0.15) is 5.26 Å². The first-order valence-electron chi connectivity index (χ1n) is 4.46. The predicted molar refractivity (Wildman–Crippen MR) is 55.1 cm³/mol. The molecule has 0 heterocycles. The molecule has 0 unspecified atom stereocenters. The van der Waals surface area contributed by atoms with E-state index in [1.54, 1.807) is 6.07 Å². The van der Waals surface area contributed by atoms with Crippen molar-refractivity contribution in [1.29, 1.82) is 5.26 Å². The van der Waals surface area contributed by atoms with E-state index in [0.29, 0.717) is 0 Å². The van der Waals surface area contributed by atoms with Crippen molar-refractivity contribution >= 4 is 11.7 Å². The molecule has 0 saturated heterocycles. The number of aliphatic hydroxyl groups excluding tert-OH is 1. The maximum absolute atomic E-state index is 11.3. The summed E-state index contributed by atoms with van der Waals surface area (Å²) in [4.78, 5) is 21.2. The highest BCUT2D eigenvalue weighted by molar-refractivity contribution is 5.92. The summed E-state index contributed by atoms with van der Waals surface area (Å²) in [5.41, 5.74) is -0.949. The molecule has 88 valence electrons. The van der Waals surface area contributed by atoms with Crippen LogP contribution in [0.3, 0.4) is 0 Å². The molecular formula is C10H8N2O5. The van der Waals surface area contributed by atoms with Crippen molar-refractivity contribution in [2.45, 2.75) is 6.61 Å². The number of carbonyl (C=O) groups is 1. The maximum Gasteiger partial charge on any atom is 0.338 e. The molecule has 0 bridgehead atoms. The molecule has 1 N–H and O–H groups in total. The van der Waals surface area contributed by atoms with Crippen molar-refractivity contribution in [3.63, 3.8) is 0 Å². The van der Waals surface area contributed by atoms with Gasteiger partial charge in [0.1, 0.15) is 11.6 Å². The number of esters is 1. The van der Waals surface area contributed by atoms with Gasteiger partial charge in [-0.05, 0) is 6.07 Å². The van der Waals surface area contributed by atoms with Gasteiger partial charge in [-0.3, -0.25) is 10.1 Å². The average Bonchev–Trinajstić information content (AvgIpc) is 2.35. The molecule has 7 heteroatoms. The van der Waals surface area contributed by atoms with Gasteiger partial charge in [0.15, 0.2) is 0 Å². The van der Waals surface area contributed by atoms with Crippen LogP contribution in [0, 0.1) is 21.4 Å². The molecule has 1 aromatic carbocycles. The lowest BCUT2D eigenvalue weighted by Gasteiger charge is -2.07. The highest BCUT2D eigenvalue weighted by Gasteiger charge is 2.23. The highest BCUT2D eigenvalue weighted by atomic mass is 16.6. The Hall–Kier alpha value is -2.46. The van der Waals surface area contributed by atoms with Crippen molar-refractivity contribution in [3.05, 3.63) is 38.9 Å². The van der Waals surface area contributed by atoms with Crippen molar-refractivity contribution in [2.24, 2.45) is 0 Å². The zero-order valence-electron chi connectivity index (χ0n) is 8.84. The summed E-state index contributed by atoms with van der Waals surface area (Å²) in [6, 6.07) is 3.79. The number of hydrogen-bond donors (Lipinski definition) is 1. The lowest BCUT2D eigenvalue weighted by molar-refractivity contribution is -0.385. The van der Waals surface area contributed by atoms with Crippen LogP contribution in [-0.2, 0) is 11.3 Å². The number of hydrogen-bond acceptors (Lipinski definition) is 6. The minimum absolute atomic E-state index is 0.0582. The summed E-state index contributed by atoms with van der Waals surface area (Å²) in [5, 5.41) is 28.6. The predicted octanol–water partition coefficient (Wildman–Crippen LogP) is 0.745. The Morgan fingerprint density at radius 1 is 1.65 bits per heavy atom. The van der Waals surface area contributed by atoms with Gasteiger partial charge in [-0.25, -0.2) is 4.79 Å². The lowest BCUT2D eigenvalue weighted by Crippen LogP contribution is -2.09. The average molecular weight is 236 g/mol. The Kier molecular flexibility index (Phi) is 3.74. The molecule has 0 fully saturated rings. The molecule has 0 radical (unpaired) electrons. The van der Waals surface area contributed by atoms with Crippen LogP contribution in [0.1, 0.15) is 21.5 Å². The molecule has 1 rings (SSSR count). The van der Waals surface area contributed by atoms with E-state index < -0.39 is 23.2 Å². The van der Waals surface area contributed by atoms with Crippen LogP contribution in [0.15, 0.2) is 12.1 Å². The number of rotatable bonds is 3. The SMILES string of the molecule is COC(=O)c1ccc([N+](=O)[O-])c(C#N)c1CO. The van der Waals surface area contributed by atoms with Crippen LogP contribution < -0.4 is 0 Å². The Morgan fingerprint density at radius 3 is 2.71 bits per heavy atom. The van der Waals surface area contributed by atoms with Gasteiger partial charge in [0.2, 0.25) is 0 Å². The molecule has 17 heavy (non-hydrogen) atoms. The summed E-state index contributed by atoms with van der Waals surface area (Å²) in [5.74, 6) is -0.763. The largest absolute Gasteiger partial charge is 0.465 e. The molecule has 0 aliphatic rings. The van der Waals surface area contributed by atoms with Gasteiger partial charge in [0.05, 0.1) is 24.2 Å². The second-order valence-electron chi connectivity index (χ2n) is 3.00. The van der Waals surface area contributed by atoms with Gasteiger partial charge in [-0.15, -0.1) is 0 Å². The quantitative estimate of drug-likeness (QED) is 0.470. The minimum atomic E-state index is -0.763. The fourth-order valence-electron chi connectivity index (χ4n) is 1.38. The second kappa shape index (κ2) is 5.05. The number of nitrogens with zero attached hydrogens (tertiary/aromatic N) is 2. The van der Waals surface area contributed by atoms with E-state index in [4.69, 9.17) is 10.4 Å². The van der Waals surface area contributed by atoms with E-state index in [1.807, 2.05) is 0 Å². The summed E-state index contributed by atoms with van der Waals surface area (Å²) < 4.78 is 4.45. The van der Waals surface area contributed by atoms with E-state index in [-0.39, 0.29) is 16.7 Å². The minimum Gasteiger partial charge on any atom is -0.465 e. The summed E-state index contributed by atoms with van der Waals surface area (Å²) in [6.07, 6.45) is 0. The summed E-state index contributed by atoms with van der Waals surface area (Å²) in [7, 11) is 1.14. The molecule has 0 aliphatic carbocycles. The van der Waals surface area contributed by atoms with E-state index in [0.717, 1.165) is 19.2 Å². The van der Waals surface area contributed by atoms with Crippen LogP contribution >= 0.6 is 0 Å². The number of carbonyl (C=O) groups excluding carboxylic acids is 1. The first kappa shape index (κ1) is 12.6. The first-order chi connectivity index (χ1) is 8.06. The van der Waals surface area contributed by atoms with E-state index in [2.05, 4.69) is 4.74 Å². The van der Waals surface area contributed by atoms with Crippen LogP contribution in [0.5, 0.6) is 0 Å². The topological polar surface area (TPSA) is 113 Å². The van der Waals surface area contributed by atoms with Crippen molar-refractivity contribution in [1.82, 2.24) is 0 Å². The molecule has 7 nitrogen and oxygen atoms in total. The van der Waals surface area contributed by atoms with Crippen molar-refractivity contribution < 1.29 is 19.6 Å². The standard InChI is InChI=1S/C10H8N2O5/c1-17-10(14)6-2-3-9(12(15)16)7(4-11)8(6)5-13/h2-3,13H,5H2,1H3. The van der Waals surface area contributed by atoms with Crippen LogP contribution in [0.4, 0.5) is 5.69 Å². The lowest BCUT2D eigenvalue weighted by atomic mass is 10.0. The molecule has 0 saturated carbocycles. The van der Waals surface area contributed by atoms with Gasteiger partial charge >= 0.3 is 5.97 Å². The zero-order chi connectivity index (χ0) is 13.0. The van der Waals surface area contributed by atoms with E-state index in [1.165, 1.54) is 0 Å². The zero-order valence-corrected chi connectivity index (χ0v) is 8.84. The molecule has 0 atom stereocenters. The van der Waals surface area contributed by atoms with Gasteiger partial charge in [-0.1, -0.05) is 0 Å². The normalized spacial score (nSPS) is 9.47. The molecule has 0 aromatic heterocycles. The number of nitro groups is 1. The van der Waals surface area contributed by atoms with Crippen molar-refractivity contribution in [2.75, 3.05) is 7.11 Å². The molecule has 0 amide bonds. The first-order valence-corrected chi connectivity index (χ1v) is 4.46. The van der Waals surface area contributed by atoms with Crippen LogP contribution in [0.2, 0.25) is 0 Å². The number of nitriles is 1. The third-order valence-electron chi connectivity index (χ3n) is 2.16. The van der Waals surface area contributed by atoms with Gasteiger partial charge < -0.3 is 9.84 Å². The van der Waals surface area contributed by atoms with E-state index in [9.17, 15) is 14.9 Å².